The number of benzene rings is 1. The zero-order valence-corrected chi connectivity index (χ0v) is 27.3. The molecule has 1 aromatic heterocycles. The summed E-state index contributed by atoms with van der Waals surface area (Å²) < 4.78 is 41.2. The minimum absolute atomic E-state index is 0.146. The van der Waals surface area contributed by atoms with Crippen LogP contribution in [0.15, 0.2) is 52.2 Å². The van der Waals surface area contributed by atoms with Gasteiger partial charge in [-0.05, 0) is 46.8 Å². The van der Waals surface area contributed by atoms with E-state index < -0.39 is 83.9 Å². The molecule has 1 saturated heterocycles. The quantitative estimate of drug-likeness (QED) is 0.157. The van der Waals surface area contributed by atoms with E-state index >= 15 is 0 Å². The number of H-pyrrole nitrogens is 1. The van der Waals surface area contributed by atoms with Crippen LogP contribution in [-0.2, 0) is 32.9 Å². The van der Waals surface area contributed by atoms with E-state index in [0.29, 0.717) is 0 Å². The van der Waals surface area contributed by atoms with Crippen LogP contribution in [0.3, 0.4) is 0 Å². The van der Waals surface area contributed by atoms with Crippen LogP contribution in [0, 0.1) is 0 Å². The second-order valence-electron chi connectivity index (χ2n) is 10.7. The predicted octanol–water partition coefficient (Wildman–Crippen LogP) is 2.97. The van der Waals surface area contributed by atoms with Gasteiger partial charge < -0.3 is 23.8 Å². The van der Waals surface area contributed by atoms with Crippen molar-refractivity contribution in [2.45, 2.75) is 81.0 Å². The van der Waals surface area contributed by atoms with Crippen LogP contribution in [0.4, 0.5) is 0 Å². The average molecular weight is 711 g/mol. The first-order valence-corrected chi connectivity index (χ1v) is 15.9. The maximum Gasteiger partial charge on any atom is 0.459 e. The molecule has 1 aromatic carbocycles. The van der Waals surface area contributed by atoms with E-state index in [1.165, 1.54) is 32.9 Å². The summed E-state index contributed by atoms with van der Waals surface area (Å²) >= 11 is 10.1. The number of para-hydroxylation sites is 1. The molecular weight excluding hydrogens is 677 g/mol. The van der Waals surface area contributed by atoms with Crippen molar-refractivity contribution < 1.29 is 42.5 Å². The predicted molar refractivity (Wildman–Crippen MR) is 158 cm³/mol. The molecule has 17 heteroatoms. The summed E-state index contributed by atoms with van der Waals surface area (Å²) in [5.74, 6) is -1.44. The normalized spacial score (nSPS) is 24.3. The molecule has 1 aliphatic heterocycles. The summed E-state index contributed by atoms with van der Waals surface area (Å²) in [6.45, 7) is 6.92. The molecule has 1 fully saturated rings. The zero-order chi connectivity index (χ0) is 32.2. The first-order chi connectivity index (χ1) is 19.9. The summed E-state index contributed by atoms with van der Waals surface area (Å²) in [6.07, 6.45) is -3.81. The molecule has 0 aliphatic carbocycles. The molecule has 238 valence electrons. The lowest BCUT2D eigenvalue weighted by Crippen LogP contribution is -2.44. The number of aromatic nitrogens is 2. The lowest BCUT2D eigenvalue weighted by Gasteiger charge is -2.29. The van der Waals surface area contributed by atoms with Gasteiger partial charge in [0.1, 0.15) is 17.9 Å². The Kier molecular flexibility index (Phi) is 11.4. The van der Waals surface area contributed by atoms with Crippen molar-refractivity contribution >= 4 is 47.2 Å². The molecule has 2 aromatic rings. The molecule has 1 aliphatic rings. The lowest BCUT2D eigenvalue weighted by atomic mass is 10.1. The third kappa shape index (κ3) is 9.73. The molecule has 3 rings (SSSR count). The van der Waals surface area contributed by atoms with Crippen molar-refractivity contribution in [3.05, 3.63) is 63.4 Å². The second-order valence-corrected chi connectivity index (χ2v) is 14.7. The van der Waals surface area contributed by atoms with Crippen LogP contribution in [0.25, 0.3) is 0 Å². The number of alkyl halides is 2. The monoisotopic (exact) mass is 709 g/mol. The van der Waals surface area contributed by atoms with E-state index in [0.717, 1.165) is 16.8 Å². The fourth-order valence-electron chi connectivity index (χ4n) is 3.90. The van der Waals surface area contributed by atoms with Gasteiger partial charge in [0, 0.05) is 12.3 Å². The zero-order valence-electron chi connectivity index (χ0n) is 24.0. The maximum absolute atomic E-state index is 14.0. The lowest BCUT2D eigenvalue weighted by molar-refractivity contribution is -0.157. The van der Waals surface area contributed by atoms with Crippen molar-refractivity contribution in [2.24, 2.45) is 0 Å². The van der Waals surface area contributed by atoms with Gasteiger partial charge in [-0.3, -0.25) is 28.5 Å². The van der Waals surface area contributed by atoms with Crippen LogP contribution in [0.2, 0.25) is 0 Å². The first kappa shape index (κ1) is 35.0. The van der Waals surface area contributed by atoms with Crippen LogP contribution < -0.4 is 20.9 Å². The third-order valence-electron chi connectivity index (χ3n) is 5.72. The van der Waals surface area contributed by atoms with E-state index in [1.807, 2.05) is 0 Å². The number of hydrogen-bond acceptors (Lipinski definition) is 11. The smallest absolute Gasteiger partial charge is 0.459 e. The Morgan fingerprint density at radius 2 is 1.88 bits per heavy atom. The Balaban J connectivity index is 1.93. The molecule has 0 spiro atoms. The average Bonchev–Trinajstić information content (AvgIpc) is 3.11. The summed E-state index contributed by atoms with van der Waals surface area (Å²) in [4.78, 5) is 51.5. The highest BCUT2D eigenvalue weighted by molar-refractivity contribution is 9.10. The Hall–Kier alpha value is -2.52. The van der Waals surface area contributed by atoms with Crippen LogP contribution in [-0.4, -0.2) is 66.9 Å². The van der Waals surface area contributed by atoms with Crippen molar-refractivity contribution in [1.82, 2.24) is 14.6 Å². The molecule has 14 nitrogen and oxygen atoms in total. The molecule has 43 heavy (non-hydrogen) atoms. The Labute approximate surface area is 260 Å². The summed E-state index contributed by atoms with van der Waals surface area (Å²) in [5, 5.41) is 12.6. The number of carbonyl (C=O) groups excluding carboxylic acids is 2. The molecule has 2 heterocycles. The number of rotatable bonds is 13. The van der Waals surface area contributed by atoms with Gasteiger partial charge in [-0.25, -0.2) is 9.36 Å². The van der Waals surface area contributed by atoms with Gasteiger partial charge in [0.05, 0.1) is 24.7 Å². The molecule has 0 radical (unpaired) electrons. The highest BCUT2D eigenvalue weighted by Crippen LogP contribution is 2.51. The van der Waals surface area contributed by atoms with Gasteiger partial charge in [0.2, 0.25) is 0 Å². The van der Waals surface area contributed by atoms with Crippen molar-refractivity contribution in [3.63, 3.8) is 0 Å². The van der Waals surface area contributed by atoms with Crippen LogP contribution in [0.1, 0.15) is 47.3 Å². The number of aliphatic hydroxyl groups is 1. The Morgan fingerprint density at radius 3 is 2.47 bits per heavy atom. The number of esters is 2. The second kappa shape index (κ2) is 14.1. The number of carbonyl (C=O) groups is 2. The van der Waals surface area contributed by atoms with Gasteiger partial charge in [-0.2, -0.15) is 5.09 Å². The molecule has 0 saturated carbocycles. The minimum Gasteiger partial charge on any atom is -0.462 e. The van der Waals surface area contributed by atoms with E-state index in [-0.39, 0.29) is 5.75 Å². The molecule has 6 atom stereocenters. The fraction of sp³-hybridized carbons (Fsp3) is 0.538. The highest BCUT2D eigenvalue weighted by atomic mass is 79.9. The van der Waals surface area contributed by atoms with E-state index in [4.69, 9.17) is 34.9 Å². The topological polar surface area (TPSA) is 184 Å². The highest BCUT2D eigenvalue weighted by Gasteiger charge is 2.58. The van der Waals surface area contributed by atoms with Gasteiger partial charge in [0.15, 0.2) is 16.1 Å². The molecule has 6 unspecified atom stereocenters. The molecular formula is C26H34BrClN3O11P. The van der Waals surface area contributed by atoms with Crippen molar-refractivity contribution in [1.29, 1.82) is 0 Å². The van der Waals surface area contributed by atoms with Gasteiger partial charge in [-0.15, -0.1) is 0 Å². The van der Waals surface area contributed by atoms with Crippen LogP contribution in [0.5, 0.6) is 5.75 Å². The van der Waals surface area contributed by atoms with Crippen molar-refractivity contribution in [2.75, 3.05) is 6.61 Å². The van der Waals surface area contributed by atoms with Gasteiger partial charge in [-0.1, -0.05) is 45.7 Å². The van der Waals surface area contributed by atoms with E-state index in [1.54, 1.807) is 32.0 Å². The Bertz CT molecular complexity index is 1440. The fourth-order valence-corrected chi connectivity index (χ4v) is 6.46. The third-order valence-corrected chi connectivity index (χ3v) is 8.61. The van der Waals surface area contributed by atoms with Crippen LogP contribution >= 0.6 is 35.3 Å². The summed E-state index contributed by atoms with van der Waals surface area (Å²) in [5.41, 5.74) is -2.97. The number of ether oxygens (including phenoxy) is 3. The maximum atomic E-state index is 14.0. The van der Waals surface area contributed by atoms with Gasteiger partial charge >= 0.3 is 25.4 Å². The summed E-state index contributed by atoms with van der Waals surface area (Å²) in [6, 6.07) is 7.93. The number of nitrogens with one attached hydrogen (secondary N) is 2. The molecule has 0 amide bonds. The number of halogens is 2. The van der Waals surface area contributed by atoms with Crippen molar-refractivity contribution in [3.8, 4) is 5.75 Å². The SMILES string of the molecule is CC(C)OC(=O)C(C)NP(=O)(OCC1OC(n2ccc(=O)[nH]c2=O)C(Cl)(Br)C1OC(=O)CC(C)(C)O)Oc1ccccc1. The number of hydrogen-bond donors (Lipinski definition) is 3. The summed E-state index contributed by atoms with van der Waals surface area (Å²) in [7, 11) is -4.38. The van der Waals surface area contributed by atoms with E-state index in [9.17, 15) is 28.8 Å². The minimum atomic E-state index is -4.38. The standard InChI is InChI=1S/C26H34BrClN3O11P/c1-15(2)39-22(34)16(3)30-43(37,42-17-9-7-6-8-10-17)38-14-18-21(41-20(33)13-25(4,5)36)26(27,28)23(40-18)31-12-11-19(32)29-24(31)35/h6-12,15-16,18,21,23,36H,13-14H2,1-5H3,(H,30,37)(H,29,32,35). The number of nitrogens with zero attached hydrogens (tertiary/aromatic N) is 1. The molecule has 3 N–H and O–H groups in total. The Morgan fingerprint density at radius 1 is 1.23 bits per heavy atom. The largest absolute Gasteiger partial charge is 0.462 e. The first-order valence-electron chi connectivity index (χ1n) is 13.1. The van der Waals surface area contributed by atoms with E-state index in [2.05, 4.69) is 26.0 Å². The number of aromatic amines is 1. The molecule has 0 bridgehead atoms. The van der Waals surface area contributed by atoms with Gasteiger partial charge in [0.25, 0.3) is 5.56 Å².